The van der Waals surface area contributed by atoms with Gasteiger partial charge in [0.25, 0.3) is 0 Å². The number of aliphatic carboxylic acids is 1. The van der Waals surface area contributed by atoms with Crippen molar-refractivity contribution in [3.05, 3.63) is 18.2 Å². The maximum Gasteiger partial charge on any atom is 0.326 e. The zero-order chi connectivity index (χ0) is 25.4. The molecule has 1 aliphatic heterocycles. The highest BCUT2D eigenvalue weighted by molar-refractivity contribution is 5.94. The highest BCUT2D eigenvalue weighted by atomic mass is 16.4. The highest BCUT2D eigenvalue weighted by Gasteiger charge is 2.40. The number of hydrogen-bond donors (Lipinski definition) is 7. The number of aliphatic hydroxyl groups is 1. The smallest absolute Gasteiger partial charge is 0.326 e. The number of nitrogens with zero attached hydrogens (tertiary/aromatic N) is 2. The summed E-state index contributed by atoms with van der Waals surface area (Å²) in [6, 6.07) is -4.80. The Balaban J connectivity index is 2.16. The molecule has 1 saturated heterocycles. The number of aromatic nitrogens is 2. The molecule has 4 amide bonds. The first-order valence-electron chi connectivity index (χ1n) is 10.8. The molecule has 1 aliphatic rings. The van der Waals surface area contributed by atoms with Crippen LogP contribution in [0.5, 0.6) is 0 Å². The van der Waals surface area contributed by atoms with Gasteiger partial charge in [-0.1, -0.05) is 0 Å². The summed E-state index contributed by atoms with van der Waals surface area (Å²) in [7, 11) is 0. The van der Waals surface area contributed by atoms with Crippen molar-refractivity contribution in [1.82, 2.24) is 25.5 Å². The van der Waals surface area contributed by atoms with Crippen molar-refractivity contribution in [2.75, 3.05) is 6.54 Å². The van der Waals surface area contributed by atoms with Crippen LogP contribution in [0.1, 0.15) is 38.3 Å². The minimum atomic E-state index is -1.43. The van der Waals surface area contributed by atoms with Gasteiger partial charge in [0.1, 0.15) is 18.1 Å². The van der Waals surface area contributed by atoms with Crippen LogP contribution in [0.15, 0.2) is 12.5 Å². The van der Waals surface area contributed by atoms with Gasteiger partial charge in [0.05, 0.1) is 18.5 Å². The molecular weight excluding hydrogens is 450 g/mol. The molecule has 1 aromatic rings. The number of rotatable bonds is 12. The van der Waals surface area contributed by atoms with Gasteiger partial charge in [0.15, 0.2) is 0 Å². The molecule has 34 heavy (non-hydrogen) atoms. The Morgan fingerprint density at radius 2 is 1.97 bits per heavy atom. The van der Waals surface area contributed by atoms with Gasteiger partial charge >= 0.3 is 5.97 Å². The lowest BCUT2D eigenvalue weighted by molar-refractivity contribution is -0.150. The number of likely N-dealkylation sites (tertiary alicyclic amines) is 1. The molecule has 1 fully saturated rings. The first-order chi connectivity index (χ1) is 16.0. The Bertz CT molecular complexity index is 890. The van der Waals surface area contributed by atoms with E-state index < -0.39 is 59.9 Å². The van der Waals surface area contributed by atoms with E-state index in [1.807, 2.05) is 0 Å². The maximum atomic E-state index is 13.1. The van der Waals surface area contributed by atoms with Crippen molar-refractivity contribution in [2.24, 2.45) is 11.5 Å². The number of amides is 4. The molecule has 5 unspecified atom stereocenters. The van der Waals surface area contributed by atoms with Gasteiger partial charge in [0, 0.05) is 31.3 Å². The summed E-state index contributed by atoms with van der Waals surface area (Å²) < 4.78 is 0. The summed E-state index contributed by atoms with van der Waals surface area (Å²) in [6.45, 7) is 1.47. The number of aliphatic hydroxyl groups excluding tert-OH is 1. The molecule has 0 radical (unpaired) electrons. The van der Waals surface area contributed by atoms with Gasteiger partial charge in [-0.3, -0.25) is 19.2 Å². The summed E-state index contributed by atoms with van der Waals surface area (Å²) in [6.07, 6.45) is 2.04. The van der Waals surface area contributed by atoms with Gasteiger partial charge in [-0.05, 0) is 26.2 Å². The van der Waals surface area contributed by atoms with Gasteiger partial charge < -0.3 is 42.2 Å². The number of carboxylic acid groups (broad SMARTS) is 1. The van der Waals surface area contributed by atoms with Gasteiger partial charge in [-0.25, -0.2) is 9.78 Å². The number of H-pyrrole nitrogens is 1. The number of carboxylic acids is 1. The molecular formula is C20H31N7O7. The predicted octanol–water partition coefficient (Wildman–Crippen LogP) is -3.03. The van der Waals surface area contributed by atoms with E-state index in [2.05, 4.69) is 20.6 Å². The van der Waals surface area contributed by atoms with Crippen molar-refractivity contribution in [2.45, 2.75) is 69.3 Å². The molecule has 0 aliphatic carbocycles. The van der Waals surface area contributed by atoms with Crippen LogP contribution >= 0.6 is 0 Å². The van der Waals surface area contributed by atoms with E-state index in [0.717, 1.165) is 4.90 Å². The topological polar surface area (TPSA) is 234 Å². The third-order valence-corrected chi connectivity index (χ3v) is 5.52. The minimum Gasteiger partial charge on any atom is -0.480 e. The molecule has 1 aromatic heterocycles. The molecule has 0 bridgehead atoms. The fourth-order valence-electron chi connectivity index (χ4n) is 3.64. The maximum absolute atomic E-state index is 13.1. The molecule has 2 rings (SSSR count). The fourth-order valence-corrected chi connectivity index (χ4v) is 3.64. The number of nitrogens with two attached hydrogens (primary N) is 2. The van der Waals surface area contributed by atoms with E-state index in [1.54, 1.807) is 0 Å². The SMILES string of the molecule is CC(O)C(NC(=O)C(Cc1cnc[nH]1)NC(=O)C(N)CCC(N)=O)C(=O)N1CCCC1C(=O)O. The largest absolute Gasteiger partial charge is 0.480 e. The van der Waals surface area contributed by atoms with E-state index in [9.17, 15) is 34.2 Å². The number of hydrogen-bond acceptors (Lipinski definition) is 8. The molecule has 5 atom stereocenters. The fraction of sp³-hybridized carbons (Fsp3) is 0.600. The van der Waals surface area contributed by atoms with E-state index >= 15 is 0 Å². The average Bonchev–Trinajstić information content (AvgIpc) is 3.46. The number of carbonyl (C=O) groups excluding carboxylic acids is 4. The quantitative estimate of drug-likeness (QED) is 0.161. The Hall–Kier alpha value is -3.52. The Kier molecular flexibility index (Phi) is 9.50. The monoisotopic (exact) mass is 481 g/mol. The molecule has 14 nitrogen and oxygen atoms in total. The summed E-state index contributed by atoms with van der Waals surface area (Å²) in [5, 5.41) is 24.4. The first kappa shape index (κ1) is 26.7. The van der Waals surface area contributed by atoms with Crippen molar-refractivity contribution < 1.29 is 34.2 Å². The van der Waals surface area contributed by atoms with Crippen LogP contribution in [0.25, 0.3) is 0 Å². The van der Waals surface area contributed by atoms with Gasteiger partial charge in [0.2, 0.25) is 23.6 Å². The van der Waals surface area contributed by atoms with Crippen molar-refractivity contribution >= 4 is 29.6 Å². The molecule has 0 saturated carbocycles. The van der Waals surface area contributed by atoms with Crippen LogP contribution in [-0.2, 0) is 30.4 Å². The average molecular weight is 482 g/mol. The lowest BCUT2D eigenvalue weighted by atomic mass is 10.1. The van der Waals surface area contributed by atoms with Gasteiger partial charge in [-0.2, -0.15) is 0 Å². The molecule has 0 spiro atoms. The standard InChI is InChI=1S/C20H31N7O7/c1-10(28)16(19(32)27-6-2-3-14(27)20(33)34)26-18(31)13(7-11-8-23-9-24-11)25-17(30)12(21)4-5-15(22)29/h8-10,12-14,16,28H,2-7,21H2,1H3,(H2,22,29)(H,23,24)(H,25,30)(H,26,31)(H,33,34). The minimum absolute atomic E-state index is 0.0279. The van der Waals surface area contributed by atoms with Crippen molar-refractivity contribution in [1.29, 1.82) is 0 Å². The van der Waals surface area contributed by atoms with Crippen molar-refractivity contribution in [3.63, 3.8) is 0 Å². The summed E-state index contributed by atoms with van der Waals surface area (Å²) >= 11 is 0. The van der Waals surface area contributed by atoms with Crippen LogP contribution < -0.4 is 22.1 Å². The second-order valence-electron chi connectivity index (χ2n) is 8.21. The third-order valence-electron chi connectivity index (χ3n) is 5.52. The molecule has 0 aromatic carbocycles. The number of carbonyl (C=O) groups is 5. The van der Waals surface area contributed by atoms with Crippen LogP contribution in [0.2, 0.25) is 0 Å². The summed E-state index contributed by atoms with van der Waals surface area (Å²) in [5.41, 5.74) is 11.4. The Morgan fingerprint density at radius 1 is 1.26 bits per heavy atom. The lowest BCUT2D eigenvalue weighted by Crippen LogP contribution is -2.60. The third kappa shape index (κ3) is 7.25. The normalized spacial score (nSPS) is 19.0. The zero-order valence-corrected chi connectivity index (χ0v) is 18.8. The number of aromatic amines is 1. The number of primary amides is 1. The van der Waals surface area contributed by atoms with Crippen LogP contribution in [0.3, 0.4) is 0 Å². The van der Waals surface area contributed by atoms with E-state index in [-0.39, 0.29) is 32.2 Å². The molecule has 9 N–H and O–H groups in total. The van der Waals surface area contributed by atoms with Gasteiger partial charge in [-0.15, -0.1) is 0 Å². The van der Waals surface area contributed by atoms with Crippen LogP contribution in [-0.4, -0.2) is 91.5 Å². The van der Waals surface area contributed by atoms with E-state index in [4.69, 9.17) is 11.5 Å². The summed E-state index contributed by atoms with van der Waals surface area (Å²) in [4.78, 5) is 68.7. The Labute approximate surface area is 195 Å². The van der Waals surface area contributed by atoms with E-state index in [1.165, 1.54) is 19.4 Å². The first-order valence-corrected chi connectivity index (χ1v) is 10.8. The Morgan fingerprint density at radius 3 is 2.53 bits per heavy atom. The highest BCUT2D eigenvalue weighted by Crippen LogP contribution is 2.19. The van der Waals surface area contributed by atoms with Crippen molar-refractivity contribution in [3.8, 4) is 0 Å². The number of nitrogens with one attached hydrogen (secondary N) is 3. The molecule has 2 heterocycles. The molecule has 14 heteroatoms. The lowest BCUT2D eigenvalue weighted by Gasteiger charge is -2.30. The predicted molar refractivity (Wildman–Crippen MR) is 117 cm³/mol. The number of imidazole rings is 1. The molecule has 188 valence electrons. The summed E-state index contributed by atoms with van der Waals surface area (Å²) in [5.74, 6) is -4.05. The van der Waals surface area contributed by atoms with Crippen LogP contribution in [0, 0.1) is 0 Å². The zero-order valence-electron chi connectivity index (χ0n) is 18.8. The van der Waals surface area contributed by atoms with Crippen LogP contribution in [0.4, 0.5) is 0 Å². The second-order valence-corrected chi connectivity index (χ2v) is 8.21. The van der Waals surface area contributed by atoms with E-state index in [0.29, 0.717) is 12.1 Å². The second kappa shape index (κ2) is 12.1.